The number of para-hydroxylation sites is 1. The maximum Gasteiger partial charge on any atom is 0.323 e. The molecule has 176 valence electrons. The first-order valence-corrected chi connectivity index (χ1v) is 12.6. The number of amides is 1. The number of carboxylic acid groups (broad SMARTS) is 1. The summed E-state index contributed by atoms with van der Waals surface area (Å²) in [6.07, 6.45) is 11.2. The lowest BCUT2D eigenvalue weighted by molar-refractivity contribution is -0.140. The number of aliphatic carboxylic acids is 1. The Labute approximate surface area is 192 Å². The number of likely N-dealkylation sites (tertiary alicyclic amines) is 1. The molecule has 1 saturated heterocycles. The van der Waals surface area contributed by atoms with E-state index in [1.165, 1.54) is 38.5 Å². The number of carbonyl (C=O) groups is 2. The second-order valence-electron chi connectivity index (χ2n) is 10.1. The van der Waals surface area contributed by atoms with Crippen molar-refractivity contribution in [3.8, 4) is 0 Å². The number of piperidine rings is 1. The van der Waals surface area contributed by atoms with Crippen LogP contribution < -0.4 is 10.2 Å². The zero-order valence-electron chi connectivity index (χ0n) is 19.5. The third-order valence-electron chi connectivity index (χ3n) is 7.87. The molecule has 1 amide bonds. The fourth-order valence-electron chi connectivity index (χ4n) is 5.84. The van der Waals surface area contributed by atoms with E-state index < -0.39 is 11.5 Å². The van der Waals surface area contributed by atoms with E-state index in [9.17, 15) is 14.7 Å². The lowest BCUT2D eigenvalue weighted by Crippen LogP contribution is -2.53. The van der Waals surface area contributed by atoms with Gasteiger partial charge >= 0.3 is 5.97 Å². The fraction of sp³-hybridized carbons (Fsp3) is 0.692. The van der Waals surface area contributed by atoms with Gasteiger partial charge in [-0.2, -0.15) is 0 Å². The number of carbonyl (C=O) groups excluding carboxylic acids is 1. The lowest BCUT2D eigenvalue weighted by atomic mass is 9.82. The van der Waals surface area contributed by atoms with Gasteiger partial charge < -0.3 is 14.9 Å². The summed E-state index contributed by atoms with van der Waals surface area (Å²) in [5, 5.41) is 12.5. The van der Waals surface area contributed by atoms with Crippen LogP contribution in [0.15, 0.2) is 30.3 Å². The molecule has 0 unspecified atom stereocenters. The zero-order chi connectivity index (χ0) is 22.6. The number of hydrogen-bond donors (Lipinski definition) is 2. The van der Waals surface area contributed by atoms with Crippen LogP contribution in [0.2, 0.25) is 0 Å². The van der Waals surface area contributed by atoms with Crippen LogP contribution in [0.4, 0.5) is 5.69 Å². The number of carboxylic acids is 1. The Kier molecular flexibility index (Phi) is 7.51. The minimum atomic E-state index is -0.891. The van der Waals surface area contributed by atoms with E-state index in [-0.39, 0.29) is 18.5 Å². The molecule has 2 atom stereocenters. The van der Waals surface area contributed by atoms with E-state index in [0.717, 1.165) is 37.5 Å². The maximum absolute atomic E-state index is 13.3. The summed E-state index contributed by atoms with van der Waals surface area (Å²) in [4.78, 5) is 29.4. The zero-order valence-corrected chi connectivity index (χ0v) is 19.5. The quantitative estimate of drug-likeness (QED) is 0.605. The van der Waals surface area contributed by atoms with Crippen molar-refractivity contribution in [3.63, 3.8) is 0 Å². The van der Waals surface area contributed by atoms with Crippen molar-refractivity contribution in [1.29, 1.82) is 0 Å². The predicted octanol–water partition coefficient (Wildman–Crippen LogP) is 4.05. The van der Waals surface area contributed by atoms with E-state index in [0.29, 0.717) is 18.9 Å². The van der Waals surface area contributed by atoms with Gasteiger partial charge in [-0.05, 0) is 56.6 Å². The molecule has 0 aromatic heterocycles. The normalized spacial score (nSPS) is 25.9. The molecule has 3 aliphatic rings. The summed E-state index contributed by atoms with van der Waals surface area (Å²) >= 11 is 0. The summed E-state index contributed by atoms with van der Waals surface area (Å²) < 4.78 is 0. The molecule has 0 bridgehead atoms. The van der Waals surface area contributed by atoms with Crippen molar-refractivity contribution in [3.05, 3.63) is 30.3 Å². The molecule has 3 fully saturated rings. The highest BCUT2D eigenvalue weighted by molar-refractivity contribution is 5.96. The van der Waals surface area contributed by atoms with Gasteiger partial charge in [0.2, 0.25) is 5.91 Å². The second-order valence-corrected chi connectivity index (χ2v) is 10.1. The Balaban J connectivity index is 1.38. The van der Waals surface area contributed by atoms with E-state index >= 15 is 0 Å². The van der Waals surface area contributed by atoms with Crippen molar-refractivity contribution in [2.75, 3.05) is 24.5 Å². The average Bonchev–Trinajstić information content (AvgIpc) is 3.61. The minimum absolute atomic E-state index is 0.0251. The number of benzene rings is 1. The summed E-state index contributed by atoms with van der Waals surface area (Å²) in [5.74, 6) is 0.00972. The van der Waals surface area contributed by atoms with Crippen molar-refractivity contribution in [2.24, 2.45) is 5.92 Å². The Hall–Kier alpha value is -1.92. The van der Waals surface area contributed by atoms with Crippen LogP contribution in [0, 0.1) is 5.92 Å². The molecule has 1 aliphatic heterocycles. The topological polar surface area (TPSA) is 72.9 Å². The smallest absolute Gasteiger partial charge is 0.323 e. The molecule has 4 rings (SSSR count). The Morgan fingerprint density at radius 3 is 2.47 bits per heavy atom. The molecule has 1 aromatic rings. The molecular weight excluding hydrogens is 402 g/mol. The predicted molar refractivity (Wildman–Crippen MR) is 127 cm³/mol. The van der Waals surface area contributed by atoms with Gasteiger partial charge in [0.25, 0.3) is 0 Å². The van der Waals surface area contributed by atoms with E-state index in [1.54, 1.807) is 0 Å². The summed E-state index contributed by atoms with van der Waals surface area (Å²) in [6, 6.07) is 10.7. The Bertz CT molecular complexity index is 770. The van der Waals surface area contributed by atoms with Crippen LogP contribution in [0.1, 0.15) is 71.1 Å². The first kappa shape index (κ1) is 23.2. The third kappa shape index (κ3) is 5.34. The molecule has 1 heterocycles. The average molecular weight is 442 g/mol. The van der Waals surface area contributed by atoms with Gasteiger partial charge in [0.1, 0.15) is 5.54 Å². The van der Waals surface area contributed by atoms with Crippen LogP contribution in [0.3, 0.4) is 0 Å². The molecule has 0 spiro atoms. The van der Waals surface area contributed by atoms with Gasteiger partial charge in [0.15, 0.2) is 0 Å². The number of rotatable bonds is 9. The standard InChI is InChI=1S/C26H39N3O3/c1-2-7-20-8-6-11-23(18-20)28-16-12-22(13-17-28)29(21-9-4-3-5-10-21)24(30)19-27-26(14-15-26)25(31)32/h3-5,9-10,20,22-23,27H,2,6-8,11-19H2,1H3,(H,31,32)/t20-,23-/m1/s1. The molecule has 32 heavy (non-hydrogen) atoms. The van der Waals surface area contributed by atoms with Crippen molar-refractivity contribution in [1.82, 2.24) is 10.2 Å². The molecule has 0 radical (unpaired) electrons. The van der Waals surface area contributed by atoms with Gasteiger partial charge in [0, 0.05) is 30.9 Å². The number of hydrogen-bond acceptors (Lipinski definition) is 4. The van der Waals surface area contributed by atoms with E-state index in [4.69, 9.17) is 0 Å². The first-order valence-electron chi connectivity index (χ1n) is 12.6. The van der Waals surface area contributed by atoms with Crippen molar-refractivity contribution < 1.29 is 14.7 Å². The highest BCUT2D eigenvalue weighted by Gasteiger charge is 2.50. The maximum atomic E-state index is 13.3. The SMILES string of the molecule is CCC[C@@H]1CCC[C@@H](N2CCC(N(C(=O)CNC3(C(=O)O)CC3)c3ccccc3)CC2)C1. The number of nitrogens with one attached hydrogen (secondary N) is 1. The Morgan fingerprint density at radius 2 is 1.84 bits per heavy atom. The second kappa shape index (κ2) is 10.3. The molecular formula is C26H39N3O3. The molecule has 2 N–H and O–H groups in total. The van der Waals surface area contributed by atoms with Crippen LogP contribution in [-0.2, 0) is 9.59 Å². The van der Waals surface area contributed by atoms with Crippen LogP contribution >= 0.6 is 0 Å². The molecule has 6 heteroatoms. The highest BCUT2D eigenvalue weighted by atomic mass is 16.4. The Morgan fingerprint density at radius 1 is 1.12 bits per heavy atom. The van der Waals surface area contributed by atoms with Crippen LogP contribution in [-0.4, -0.2) is 59.1 Å². The van der Waals surface area contributed by atoms with Gasteiger partial charge in [-0.25, -0.2) is 0 Å². The van der Waals surface area contributed by atoms with Gasteiger partial charge in [0.05, 0.1) is 6.54 Å². The lowest BCUT2D eigenvalue weighted by Gasteiger charge is -2.44. The monoisotopic (exact) mass is 441 g/mol. The van der Waals surface area contributed by atoms with Gasteiger partial charge in [-0.1, -0.05) is 50.8 Å². The molecule has 2 aliphatic carbocycles. The van der Waals surface area contributed by atoms with Gasteiger partial charge in [-0.15, -0.1) is 0 Å². The van der Waals surface area contributed by atoms with E-state index in [1.807, 2.05) is 35.2 Å². The van der Waals surface area contributed by atoms with E-state index in [2.05, 4.69) is 17.1 Å². The van der Waals surface area contributed by atoms with Crippen molar-refractivity contribution in [2.45, 2.75) is 88.8 Å². The molecule has 1 aromatic carbocycles. The minimum Gasteiger partial charge on any atom is -0.480 e. The van der Waals surface area contributed by atoms with Crippen molar-refractivity contribution >= 4 is 17.6 Å². The summed E-state index contributed by atoms with van der Waals surface area (Å²) in [6.45, 7) is 4.44. The van der Waals surface area contributed by atoms with Crippen LogP contribution in [0.5, 0.6) is 0 Å². The summed E-state index contributed by atoms with van der Waals surface area (Å²) in [7, 11) is 0. The first-order chi connectivity index (χ1) is 15.5. The highest BCUT2D eigenvalue weighted by Crippen LogP contribution is 2.36. The van der Waals surface area contributed by atoms with Gasteiger partial charge in [-0.3, -0.25) is 14.9 Å². The number of nitrogens with zero attached hydrogens (tertiary/aromatic N) is 2. The third-order valence-corrected chi connectivity index (χ3v) is 7.87. The fourth-order valence-corrected chi connectivity index (χ4v) is 5.84. The van der Waals surface area contributed by atoms with Crippen LogP contribution in [0.25, 0.3) is 0 Å². The largest absolute Gasteiger partial charge is 0.480 e. The molecule has 2 saturated carbocycles. The summed E-state index contributed by atoms with van der Waals surface area (Å²) in [5.41, 5.74) is 0.0239. The number of anilines is 1. The molecule has 6 nitrogen and oxygen atoms in total.